The lowest BCUT2D eigenvalue weighted by Gasteiger charge is -2.26. The summed E-state index contributed by atoms with van der Waals surface area (Å²) in [5, 5.41) is 7.00. The zero-order valence-electron chi connectivity index (χ0n) is 19.9. The van der Waals surface area contributed by atoms with Crippen molar-refractivity contribution >= 4 is 56.0 Å². The van der Waals surface area contributed by atoms with E-state index in [1.807, 2.05) is 6.92 Å². The van der Waals surface area contributed by atoms with Gasteiger partial charge in [-0.25, -0.2) is 18.7 Å². The van der Waals surface area contributed by atoms with Crippen LogP contribution in [0.4, 0.5) is 20.4 Å². The first-order chi connectivity index (χ1) is 17.7. The summed E-state index contributed by atoms with van der Waals surface area (Å²) < 4.78 is 30.5. The zero-order chi connectivity index (χ0) is 26.3. The third kappa shape index (κ3) is 5.08. The number of nitrogens with one attached hydrogen (secondary N) is 2. The Labute approximate surface area is 225 Å². The first kappa shape index (κ1) is 25.3. The van der Waals surface area contributed by atoms with Gasteiger partial charge in [-0.1, -0.05) is 27.5 Å². The number of amides is 1. The van der Waals surface area contributed by atoms with Crippen LogP contribution in [0.15, 0.2) is 47.2 Å². The molecule has 37 heavy (non-hydrogen) atoms. The average molecular weight is 588 g/mol. The number of anilines is 2. The Hall–Kier alpha value is -3.37. The van der Waals surface area contributed by atoms with Crippen molar-refractivity contribution in [3.63, 3.8) is 0 Å². The van der Waals surface area contributed by atoms with Crippen LogP contribution in [0, 0.1) is 18.6 Å². The lowest BCUT2D eigenvalue weighted by molar-refractivity contribution is -0.120. The fourth-order valence-corrected chi connectivity index (χ4v) is 4.90. The number of pyridine rings is 1. The molecule has 1 atom stereocenters. The van der Waals surface area contributed by atoms with E-state index in [0.29, 0.717) is 57.5 Å². The maximum atomic E-state index is 15.2. The Kier molecular flexibility index (Phi) is 6.96. The summed E-state index contributed by atoms with van der Waals surface area (Å²) in [6.45, 7) is 4.81. The monoisotopic (exact) mass is 586 g/mol. The number of rotatable bonds is 5. The van der Waals surface area contributed by atoms with E-state index in [0.717, 1.165) is 4.47 Å². The molecule has 1 saturated heterocycles. The molecule has 1 fully saturated rings. The van der Waals surface area contributed by atoms with E-state index in [1.54, 1.807) is 30.0 Å². The third-order valence-electron chi connectivity index (χ3n) is 6.24. The van der Waals surface area contributed by atoms with Gasteiger partial charge in [0, 0.05) is 58.1 Å². The highest BCUT2D eigenvalue weighted by atomic mass is 79.9. The molecule has 0 radical (unpaired) electrons. The van der Waals surface area contributed by atoms with Gasteiger partial charge in [-0.3, -0.25) is 9.78 Å². The Morgan fingerprint density at radius 3 is 2.65 bits per heavy atom. The van der Waals surface area contributed by atoms with E-state index >= 15 is 4.39 Å². The topological polar surface area (TPSA) is 83.0 Å². The summed E-state index contributed by atoms with van der Waals surface area (Å²) >= 11 is 10.0. The number of hydrogen-bond acceptors (Lipinski definition) is 6. The van der Waals surface area contributed by atoms with E-state index in [4.69, 9.17) is 11.6 Å². The molecule has 2 aromatic carbocycles. The van der Waals surface area contributed by atoms with Crippen LogP contribution in [0.25, 0.3) is 22.0 Å². The molecule has 2 N–H and O–H groups in total. The van der Waals surface area contributed by atoms with E-state index in [-0.39, 0.29) is 23.8 Å². The largest absolute Gasteiger partial charge is 0.377 e. The third-order valence-corrected chi connectivity index (χ3v) is 7.19. The number of fused-ring (bicyclic) bond motifs is 1. The maximum absolute atomic E-state index is 15.2. The van der Waals surface area contributed by atoms with Crippen LogP contribution in [0.2, 0.25) is 5.02 Å². The molecule has 0 spiro atoms. The number of hydrogen-bond donors (Lipinski definition) is 2. The van der Waals surface area contributed by atoms with Gasteiger partial charge in [-0.15, -0.1) is 0 Å². The molecule has 0 saturated carbocycles. The van der Waals surface area contributed by atoms with Crippen molar-refractivity contribution in [3.05, 3.63) is 75.1 Å². The summed E-state index contributed by atoms with van der Waals surface area (Å²) in [7, 11) is 0. The van der Waals surface area contributed by atoms with E-state index in [9.17, 15) is 9.18 Å². The minimum Gasteiger partial charge on any atom is -0.377 e. The number of benzene rings is 2. The second-order valence-corrected chi connectivity index (χ2v) is 10.1. The molecule has 1 aliphatic heterocycles. The second-order valence-electron chi connectivity index (χ2n) is 8.81. The fourth-order valence-electron chi connectivity index (χ4n) is 4.32. The lowest BCUT2D eigenvalue weighted by atomic mass is 10.0. The van der Waals surface area contributed by atoms with Crippen LogP contribution in [-0.2, 0) is 4.79 Å². The van der Waals surface area contributed by atoms with E-state index in [2.05, 4.69) is 41.5 Å². The molecular weight excluding hydrogens is 566 g/mol. The Bertz CT molecular complexity index is 1520. The molecule has 11 heteroatoms. The van der Waals surface area contributed by atoms with Crippen LogP contribution < -0.4 is 15.5 Å². The van der Waals surface area contributed by atoms with E-state index < -0.39 is 11.9 Å². The van der Waals surface area contributed by atoms with Gasteiger partial charge >= 0.3 is 0 Å². The molecule has 190 valence electrons. The van der Waals surface area contributed by atoms with Gasteiger partial charge in [-0.05, 0) is 38.1 Å². The maximum Gasteiger partial charge on any atom is 0.239 e. The van der Waals surface area contributed by atoms with Gasteiger partial charge in [0.2, 0.25) is 11.9 Å². The van der Waals surface area contributed by atoms with Gasteiger partial charge in [0.15, 0.2) is 0 Å². The molecule has 0 unspecified atom stereocenters. The summed E-state index contributed by atoms with van der Waals surface area (Å²) in [6, 6.07) is 7.26. The van der Waals surface area contributed by atoms with Crippen molar-refractivity contribution in [3.8, 4) is 11.1 Å². The molecule has 7 nitrogen and oxygen atoms in total. The first-order valence-corrected chi connectivity index (χ1v) is 12.7. The highest BCUT2D eigenvalue weighted by molar-refractivity contribution is 9.10. The highest BCUT2D eigenvalue weighted by Crippen LogP contribution is 2.38. The Morgan fingerprint density at radius 2 is 1.92 bits per heavy atom. The second kappa shape index (κ2) is 10.2. The number of piperazine rings is 1. The van der Waals surface area contributed by atoms with Gasteiger partial charge in [0.25, 0.3) is 0 Å². The van der Waals surface area contributed by atoms with Crippen LogP contribution in [0.3, 0.4) is 0 Å². The summed E-state index contributed by atoms with van der Waals surface area (Å²) in [5.41, 5.74) is 2.62. The fraction of sp³-hybridized carbons (Fsp3) is 0.231. The molecule has 2 aromatic heterocycles. The van der Waals surface area contributed by atoms with Gasteiger partial charge < -0.3 is 15.5 Å². The number of carbonyl (C=O) groups excluding carboxylic acids is 1. The smallest absolute Gasteiger partial charge is 0.239 e. The van der Waals surface area contributed by atoms with Crippen molar-refractivity contribution in [2.75, 3.05) is 29.9 Å². The molecule has 5 rings (SSSR count). The van der Waals surface area contributed by atoms with Crippen molar-refractivity contribution in [2.24, 2.45) is 0 Å². The minimum absolute atomic E-state index is 0.101. The van der Waals surface area contributed by atoms with Crippen molar-refractivity contribution < 1.29 is 13.6 Å². The molecule has 4 aromatic rings. The number of halogens is 4. The number of nitrogens with zero attached hydrogens (tertiary/aromatic N) is 4. The molecule has 0 bridgehead atoms. The Morgan fingerprint density at radius 1 is 1.16 bits per heavy atom. The van der Waals surface area contributed by atoms with Crippen LogP contribution in [0.1, 0.15) is 24.2 Å². The van der Waals surface area contributed by atoms with Crippen molar-refractivity contribution in [1.82, 2.24) is 20.3 Å². The summed E-state index contributed by atoms with van der Waals surface area (Å²) in [4.78, 5) is 26.6. The molecule has 1 amide bonds. The number of aryl methyl sites for hydroxylation is 1. The van der Waals surface area contributed by atoms with Gasteiger partial charge in [-0.2, -0.15) is 0 Å². The molecule has 3 heterocycles. The highest BCUT2D eigenvalue weighted by Gasteiger charge is 2.21. The number of aromatic nitrogens is 3. The standard InChI is InChI=1S/C26H22BrClF2N6O/c1-13(17-7-16(27)3-4-20(17)29)35-25-19-8-18(21(30)9-22(19)34-14(2)24(25)28)15-10-32-26(33-11-15)36-6-5-31-23(37)12-36/h3-4,7-11,13H,5-6,12H2,1-2H3,(H,31,37)(H,34,35)/t13-/m1/s1. The van der Waals surface area contributed by atoms with Crippen molar-refractivity contribution in [2.45, 2.75) is 19.9 Å². The normalized spacial score (nSPS) is 14.5. The SMILES string of the molecule is Cc1nc2cc(F)c(-c3cnc(N4CCNC(=O)C4)nc3)cc2c(N[C@H](C)c2cc(Br)ccc2F)c1Cl. The Balaban J connectivity index is 1.54. The number of carbonyl (C=O) groups is 1. The van der Waals surface area contributed by atoms with Crippen LogP contribution >= 0.6 is 27.5 Å². The average Bonchev–Trinajstić information content (AvgIpc) is 2.88. The first-order valence-electron chi connectivity index (χ1n) is 11.6. The molecular formula is C26H22BrClF2N6O. The lowest BCUT2D eigenvalue weighted by Crippen LogP contribution is -2.48. The predicted molar refractivity (Wildman–Crippen MR) is 144 cm³/mol. The quantitative estimate of drug-likeness (QED) is 0.307. The molecule has 0 aliphatic carbocycles. The van der Waals surface area contributed by atoms with Crippen LogP contribution in [-0.4, -0.2) is 40.5 Å². The van der Waals surface area contributed by atoms with Crippen molar-refractivity contribution in [1.29, 1.82) is 0 Å². The van der Waals surface area contributed by atoms with Crippen LogP contribution in [0.5, 0.6) is 0 Å². The minimum atomic E-state index is -0.493. The van der Waals surface area contributed by atoms with Gasteiger partial charge in [0.05, 0.1) is 34.5 Å². The van der Waals surface area contributed by atoms with Gasteiger partial charge in [0.1, 0.15) is 11.6 Å². The molecule has 1 aliphatic rings. The zero-order valence-corrected chi connectivity index (χ0v) is 22.3. The summed E-state index contributed by atoms with van der Waals surface area (Å²) in [5.74, 6) is -0.555. The predicted octanol–water partition coefficient (Wildman–Crippen LogP) is 5.80. The summed E-state index contributed by atoms with van der Waals surface area (Å²) in [6.07, 6.45) is 3.05. The van der Waals surface area contributed by atoms with E-state index in [1.165, 1.54) is 24.5 Å².